The second kappa shape index (κ2) is 11.5. The predicted molar refractivity (Wildman–Crippen MR) is 140 cm³/mol. The Bertz CT molecular complexity index is 1070. The molecule has 6 heteroatoms. The van der Waals surface area contributed by atoms with Crippen molar-refractivity contribution in [2.24, 2.45) is 0 Å². The van der Waals surface area contributed by atoms with E-state index in [1.165, 1.54) is 44.0 Å². The summed E-state index contributed by atoms with van der Waals surface area (Å²) in [5.74, 6) is -2.28. The number of aromatic hydroxyl groups is 1. The molecular weight excluding hydrogens is 462 g/mol. The van der Waals surface area contributed by atoms with Gasteiger partial charge in [-0.1, -0.05) is 76.5 Å². The zero-order valence-corrected chi connectivity index (χ0v) is 22.4. The van der Waals surface area contributed by atoms with E-state index < -0.39 is 25.7 Å². The Kier molecular flexibility index (Phi) is 8.92. The molecule has 0 aliphatic heterocycles. The van der Waals surface area contributed by atoms with Crippen molar-refractivity contribution in [1.29, 1.82) is 0 Å². The van der Waals surface area contributed by atoms with Gasteiger partial charge in [0.1, 0.15) is 12.4 Å². The van der Waals surface area contributed by atoms with Gasteiger partial charge < -0.3 is 9.84 Å². The highest BCUT2D eigenvalue weighted by atomic mass is 28.3. The molecule has 1 aliphatic rings. The van der Waals surface area contributed by atoms with Crippen LogP contribution in [0.2, 0.25) is 24.7 Å². The molecule has 0 amide bonds. The van der Waals surface area contributed by atoms with E-state index in [-0.39, 0.29) is 29.4 Å². The summed E-state index contributed by atoms with van der Waals surface area (Å²) in [5.41, 5.74) is 2.32. The molecule has 0 heterocycles. The van der Waals surface area contributed by atoms with Crippen molar-refractivity contribution < 1.29 is 23.4 Å². The van der Waals surface area contributed by atoms with E-state index in [1.54, 1.807) is 12.1 Å². The first-order chi connectivity index (χ1) is 16.5. The lowest BCUT2D eigenvalue weighted by atomic mass is 9.83. The fourth-order valence-corrected chi connectivity index (χ4v) is 8.83. The molecule has 0 saturated heterocycles. The number of carbonyl (C=O) groups excluding carboxylic acids is 1. The molecule has 1 fully saturated rings. The van der Waals surface area contributed by atoms with Crippen molar-refractivity contribution in [2.75, 3.05) is 0 Å². The topological polar surface area (TPSA) is 46.5 Å². The largest absolute Gasteiger partial charge is 0.508 e. The minimum Gasteiger partial charge on any atom is -0.508 e. The number of hydrogen-bond acceptors (Lipinski definition) is 3. The molecule has 3 nitrogen and oxygen atoms in total. The highest BCUT2D eigenvalue weighted by Crippen LogP contribution is 2.46. The molecule has 2 aromatic carbocycles. The molecular formula is C29H38F2O3Si. The number of hydrogen-bond donors (Lipinski definition) is 1. The van der Waals surface area contributed by atoms with Gasteiger partial charge in [0.25, 0.3) is 0 Å². The zero-order chi connectivity index (χ0) is 25.8. The van der Waals surface area contributed by atoms with Gasteiger partial charge in [0.2, 0.25) is 0 Å². The van der Waals surface area contributed by atoms with Crippen LogP contribution >= 0.6 is 0 Å². The van der Waals surface area contributed by atoms with Crippen LogP contribution in [-0.2, 0) is 16.1 Å². The van der Waals surface area contributed by atoms with Crippen molar-refractivity contribution in [3.8, 4) is 16.9 Å². The van der Waals surface area contributed by atoms with Gasteiger partial charge in [-0.15, -0.1) is 0 Å². The van der Waals surface area contributed by atoms with E-state index in [9.17, 15) is 9.90 Å². The van der Waals surface area contributed by atoms with Gasteiger partial charge in [0.05, 0.1) is 8.07 Å². The smallest absolute Gasteiger partial charge is 0.333 e. The zero-order valence-electron chi connectivity index (χ0n) is 21.4. The number of halogens is 2. The standard InChI is InChI=1S/C29H38F2O3Si/c1-6-7-16-35(4,5)23-11-8-20(9-12-23)24-13-14-25(28(31)27(24)30)21-10-15-26(32)22(17-21)18-34-29(33)19(2)3/h10,13-15,17,20,23,32H,2,6-9,11-12,16,18H2,1,3-5H3. The van der Waals surface area contributed by atoms with Crippen LogP contribution in [-0.4, -0.2) is 19.1 Å². The third kappa shape index (κ3) is 6.40. The Morgan fingerprint density at radius 3 is 2.43 bits per heavy atom. The summed E-state index contributed by atoms with van der Waals surface area (Å²) < 4.78 is 35.6. The normalized spacial score (nSPS) is 18.3. The summed E-state index contributed by atoms with van der Waals surface area (Å²) in [6, 6.07) is 9.13. The van der Waals surface area contributed by atoms with Gasteiger partial charge in [0, 0.05) is 16.7 Å². The lowest BCUT2D eigenvalue weighted by Crippen LogP contribution is -2.34. The minimum absolute atomic E-state index is 0.0442. The molecule has 0 radical (unpaired) electrons. The van der Waals surface area contributed by atoms with Crippen molar-refractivity contribution in [1.82, 2.24) is 0 Å². The van der Waals surface area contributed by atoms with Crippen LogP contribution in [0.25, 0.3) is 11.1 Å². The number of benzene rings is 2. The second-order valence-electron chi connectivity index (χ2n) is 10.7. The number of ether oxygens (including phenoxy) is 1. The fraction of sp³-hybridized carbons (Fsp3) is 0.483. The monoisotopic (exact) mass is 500 g/mol. The third-order valence-electron chi connectivity index (χ3n) is 7.66. The van der Waals surface area contributed by atoms with Crippen LogP contribution in [0.3, 0.4) is 0 Å². The van der Waals surface area contributed by atoms with Gasteiger partial charge in [-0.2, -0.15) is 0 Å². The van der Waals surface area contributed by atoms with Crippen molar-refractivity contribution >= 4 is 14.0 Å². The number of esters is 1. The summed E-state index contributed by atoms with van der Waals surface area (Å²) in [6.07, 6.45) is 6.52. The van der Waals surface area contributed by atoms with Crippen LogP contribution in [0.5, 0.6) is 5.75 Å². The first-order valence-electron chi connectivity index (χ1n) is 12.7. The number of phenolic OH excluding ortho intramolecular Hbond substituents is 1. The molecule has 1 aliphatic carbocycles. The van der Waals surface area contributed by atoms with Gasteiger partial charge in [0.15, 0.2) is 11.6 Å². The maximum absolute atomic E-state index is 15.3. The maximum Gasteiger partial charge on any atom is 0.333 e. The Morgan fingerprint density at radius 1 is 1.11 bits per heavy atom. The Balaban J connectivity index is 1.76. The maximum atomic E-state index is 15.3. The molecule has 190 valence electrons. The minimum atomic E-state index is -1.29. The summed E-state index contributed by atoms with van der Waals surface area (Å²) in [5, 5.41) is 10.1. The molecule has 35 heavy (non-hydrogen) atoms. The van der Waals surface area contributed by atoms with E-state index in [0.29, 0.717) is 16.7 Å². The molecule has 0 atom stereocenters. The van der Waals surface area contributed by atoms with E-state index in [0.717, 1.165) is 31.2 Å². The van der Waals surface area contributed by atoms with Crippen LogP contribution in [0.4, 0.5) is 8.78 Å². The van der Waals surface area contributed by atoms with Crippen molar-refractivity contribution in [3.05, 3.63) is 65.2 Å². The molecule has 2 aromatic rings. The Hall–Kier alpha value is -2.47. The molecule has 1 N–H and O–H groups in total. The number of unbranched alkanes of at least 4 members (excludes halogenated alkanes) is 1. The lowest BCUT2D eigenvalue weighted by molar-refractivity contribution is -0.140. The van der Waals surface area contributed by atoms with Crippen LogP contribution < -0.4 is 0 Å². The SMILES string of the molecule is C=C(C)C(=O)OCc1cc(-c2ccc(C3CCC([Si](C)(C)CCCC)CC3)c(F)c2F)ccc1O. The van der Waals surface area contributed by atoms with Gasteiger partial charge in [-0.05, 0) is 54.5 Å². The van der Waals surface area contributed by atoms with E-state index in [4.69, 9.17) is 4.74 Å². The number of rotatable bonds is 9. The van der Waals surface area contributed by atoms with Crippen LogP contribution in [0.15, 0.2) is 42.5 Å². The molecule has 0 aromatic heterocycles. The second-order valence-corrected chi connectivity index (χ2v) is 16.0. The highest BCUT2D eigenvalue weighted by Gasteiger charge is 2.35. The summed E-state index contributed by atoms with van der Waals surface area (Å²) in [7, 11) is -1.29. The quantitative estimate of drug-likeness (QED) is 0.213. The van der Waals surface area contributed by atoms with Crippen molar-refractivity contribution in [3.63, 3.8) is 0 Å². The molecule has 3 rings (SSSR count). The number of carbonyl (C=O) groups is 1. The van der Waals surface area contributed by atoms with Gasteiger partial charge >= 0.3 is 5.97 Å². The van der Waals surface area contributed by atoms with E-state index in [1.807, 2.05) is 0 Å². The number of phenols is 1. The average molecular weight is 501 g/mol. The van der Waals surface area contributed by atoms with Gasteiger partial charge in [-0.3, -0.25) is 0 Å². The van der Waals surface area contributed by atoms with E-state index in [2.05, 4.69) is 26.6 Å². The lowest BCUT2D eigenvalue weighted by Gasteiger charge is -2.38. The summed E-state index contributed by atoms with van der Waals surface area (Å²) in [4.78, 5) is 11.7. The molecule has 0 spiro atoms. The van der Waals surface area contributed by atoms with Gasteiger partial charge in [-0.25, -0.2) is 13.6 Å². The fourth-order valence-electron chi connectivity index (χ4n) is 5.26. The summed E-state index contributed by atoms with van der Waals surface area (Å²) >= 11 is 0. The first kappa shape index (κ1) is 27.1. The van der Waals surface area contributed by atoms with Crippen LogP contribution in [0, 0.1) is 11.6 Å². The Labute approximate surface area is 209 Å². The molecule has 0 unspecified atom stereocenters. The summed E-state index contributed by atoms with van der Waals surface area (Å²) in [6.45, 7) is 12.1. The average Bonchev–Trinajstić information content (AvgIpc) is 2.84. The molecule has 1 saturated carbocycles. The van der Waals surface area contributed by atoms with Crippen molar-refractivity contribution in [2.45, 2.75) is 89.6 Å². The first-order valence-corrected chi connectivity index (χ1v) is 16.0. The molecule has 0 bridgehead atoms. The third-order valence-corrected chi connectivity index (χ3v) is 12.1. The van der Waals surface area contributed by atoms with Crippen LogP contribution in [0.1, 0.15) is 69.4 Å². The van der Waals surface area contributed by atoms with E-state index >= 15 is 8.78 Å². The Morgan fingerprint density at radius 2 is 1.80 bits per heavy atom. The highest BCUT2D eigenvalue weighted by molar-refractivity contribution is 6.78. The predicted octanol–water partition coefficient (Wildman–Crippen LogP) is 8.49.